The summed E-state index contributed by atoms with van der Waals surface area (Å²) in [5.74, 6) is 1.99. The number of hydrogen-bond donors (Lipinski definition) is 2. The first-order valence-electron chi connectivity index (χ1n) is 6.60. The number of nitrogens with one attached hydrogen (secondary N) is 2. The molecule has 0 amide bonds. The largest absolute Gasteiger partial charge is 0.372 e. The van der Waals surface area contributed by atoms with Crippen molar-refractivity contribution in [3.8, 4) is 0 Å². The fourth-order valence-electron chi connectivity index (χ4n) is 1.73. The summed E-state index contributed by atoms with van der Waals surface area (Å²) in [6.07, 6.45) is 7.12. The van der Waals surface area contributed by atoms with Crippen molar-refractivity contribution >= 4 is 18.0 Å². The molecule has 1 aromatic heterocycles. The lowest BCUT2D eigenvalue weighted by Crippen LogP contribution is -2.06. The second-order valence-electron chi connectivity index (χ2n) is 4.32. The molecule has 2 N–H and O–H groups in total. The third-order valence-corrected chi connectivity index (χ3v) is 2.83. The Morgan fingerprint density at radius 1 is 1.24 bits per heavy atom. The molecule has 4 heteroatoms. The van der Waals surface area contributed by atoms with Crippen LogP contribution in [0.25, 0.3) is 0 Å². The van der Waals surface area contributed by atoms with Crippen molar-refractivity contribution < 1.29 is 0 Å². The lowest BCUT2D eigenvalue weighted by atomic mass is 10.2. The zero-order valence-corrected chi connectivity index (χ0v) is 11.7. The van der Waals surface area contributed by atoms with Crippen molar-refractivity contribution in [2.45, 2.75) is 52.4 Å². The Labute approximate surface area is 109 Å². The van der Waals surface area contributed by atoms with Crippen LogP contribution in [0.3, 0.4) is 0 Å². The van der Waals surface area contributed by atoms with Gasteiger partial charge in [0, 0.05) is 19.0 Å². The van der Waals surface area contributed by atoms with Gasteiger partial charge >= 0.3 is 0 Å². The van der Waals surface area contributed by atoms with Gasteiger partial charge in [0.15, 0.2) is 0 Å². The zero-order valence-electron chi connectivity index (χ0n) is 10.9. The summed E-state index contributed by atoms with van der Waals surface area (Å²) < 4.78 is 0.670. The molecule has 0 radical (unpaired) electrons. The Morgan fingerprint density at radius 2 is 2.06 bits per heavy atom. The molecule has 1 aromatic rings. The van der Waals surface area contributed by atoms with Crippen molar-refractivity contribution in [3.63, 3.8) is 0 Å². The van der Waals surface area contributed by atoms with Gasteiger partial charge in [-0.25, -0.2) is 4.98 Å². The second-order valence-corrected chi connectivity index (χ2v) is 4.74. The number of nitrogens with zero attached hydrogens (tertiary/aromatic N) is 1. The highest BCUT2D eigenvalue weighted by Gasteiger charge is 1.97. The van der Waals surface area contributed by atoms with E-state index in [-0.39, 0.29) is 0 Å². The standard InChI is InChI=1S/C13H23N3S/c1-3-5-6-7-9-14-12-10-13(17)16-11(15-12)8-4-2/h10H,3-9H2,1-2H3,(H2,14,15,16,17). The predicted molar refractivity (Wildman–Crippen MR) is 76.0 cm³/mol. The molecule has 0 atom stereocenters. The van der Waals surface area contributed by atoms with E-state index >= 15 is 0 Å². The van der Waals surface area contributed by atoms with Crippen LogP contribution in [-0.4, -0.2) is 16.5 Å². The highest BCUT2D eigenvalue weighted by molar-refractivity contribution is 7.71. The van der Waals surface area contributed by atoms with Crippen LogP contribution in [0.4, 0.5) is 5.82 Å². The van der Waals surface area contributed by atoms with E-state index in [0.717, 1.165) is 31.0 Å². The molecule has 1 heterocycles. The number of H-pyrrole nitrogens is 1. The SMILES string of the molecule is CCCCCCNc1cc(=S)nc(CCC)[nH]1. The third kappa shape index (κ3) is 5.82. The van der Waals surface area contributed by atoms with Crippen molar-refractivity contribution in [3.05, 3.63) is 16.5 Å². The average molecular weight is 253 g/mol. The fraction of sp³-hybridized carbons (Fsp3) is 0.692. The number of rotatable bonds is 8. The number of unbranched alkanes of at least 4 members (excludes halogenated alkanes) is 3. The molecule has 0 bridgehead atoms. The van der Waals surface area contributed by atoms with E-state index in [0.29, 0.717) is 4.64 Å². The molecular weight excluding hydrogens is 230 g/mol. The molecule has 96 valence electrons. The molecule has 0 saturated heterocycles. The van der Waals surface area contributed by atoms with Gasteiger partial charge in [-0.15, -0.1) is 0 Å². The zero-order chi connectivity index (χ0) is 12.5. The molecule has 0 fully saturated rings. The summed E-state index contributed by atoms with van der Waals surface area (Å²) in [6, 6.07) is 1.90. The van der Waals surface area contributed by atoms with Gasteiger partial charge in [0.2, 0.25) is 0 Å². The van der Waals surface area contributed by atoms with E-state index in [1.807, 2.05) is 6.07 Å². The van der Waals surface area contributed by atoms with Gasteiger partial charge in [-0.2, -0.15) is 0 Å². The van der Waals surface area contributed by atoms with Crippen LogP contribution >= 0.6 is 12.2 Å². The molecular formula is C13H23N3S. The minimum atomic E-state index is 0.670. The average Bonchev–Trinajstić information content (AvgIpc) is 2.28. The number of anilines is 1. The molecule has 17 heavy (non-hydrogen) atoms. The van der Waals surface area contributed by atoms with E-state index in [1.54, 1.807) is 0 Å². The van der Waals surface area contributed by atoms with Crippen LogP contribution in [0, 0.1) is 4.64 Å². The van der Waals surface area contributed by atoms with Crippen LogP contribution in [0.5, 0.6) is 0 Å². The highest BCUT2D eigenvalue weighted by atomic mass is 32.1. The first kappa shape index (κ1) is 14.2. The summed E-state index contributed by atoms with van der Waals surface area (Å²) >= 11 is 5.15. The van der Waals surface area contributed by atoms with Gasteiger partial charge in [0.05, 0.1) is 0 Å². The quantitative estimate of drug-likeness (QED) is 0.541. The highest BCUT2D eigenvalue weighted by Crippen LogP contribution is 2.06. The molecule has 0 saturated carbocycles. The normalized spacial score (nSPS) is 10.5. The van der Waals surface area contributed by atoms with E-state index in [4.69, 9.17) is 12.2 Å². The smallest absolute Gasteiger partial charge is 0.131 e. The summed E-state index contributed by atoms with van der Waals surface area (Å²) in [6.45, 7) is 5.37. The number of aryl methyl sites for hydroxylation is 1. The molecule has 1 rings (SSSR count). The summed E-state index contributed by atoms with van der Waals surface area (Å²) in [7, 11) is 0. The Kier molecular flexibility index (Phi) is 6.86. The molecule has 0 aliphatic carbocycles. The van der Waals surface area contributed by atoms with Crippen LogP contribution in [-0.2, 0) is 6.42 Å². The second kappa shape index (κ2) is 8.23. The molecule has 0 unspecified atom stereocenters. The van der Waals surface area contributed by atoms with Gasteiger partial charge in [0.1, 0.15) is 16.3 Å². The van der Waals surface area contributed by atoms with Crippen molar-refractivity contribution in [1.82, 2.24) is 9.97 Å². The minimum absolute atomic E-state index is 0.670. The lowest BCUT2D eigenvalue weighted by Gasteiger charge is -2.08. The van der Waals surface area contributed by atoms with Gasteiger partial charge in [0.25, 0.3) is 0 Å². The molecule has 0 spiro atoms. The Balaban J connectivity index is 2.44. The first-order valence-corrected chi connectivity index (χ1v) is 7.01. The van der Waals surface area contributed by atoms with Crippen LogP contribution in [0.1, 0.15) is 51.8 Å². The van der Waals surface area contributed by atoms with Crippen LogP contribution in [0.2, 0.25) is 0 Å². The number of aromatic amines is 1. The molecule has 0 aliphatic heterocycles. The summed E-state index contributed by atoms with van der Waals surface area (Å²) in [5, 5.41) is 3.38. The monoisotopic (exact) mass is 253 g/mol. The van der Waals surface area contributed by atoms with Crippen LogP contribution in [0.15, 0.2) is 6.07 Å². The molecule has 3 nitrogen and oxygen atoms in total. The topological polar surface area (TPSA) is 40.7 Å². The van der Waals surface area contributed by atoms with E-state index < -0.39 is 0 Å². The number of hydrogen-bond acceptors (Lipinski definition) is 3. The molecule has 0 aromatic carbocycles. The Hall–Kier alpha value is -0.900. The van der Waals surface area contributed by atoms with E-state index in [2.05, 4.69) is 29.1 Å². The van der Waals surface area contributed by atoms with E-state index in [9.17, 15) is 0 Å². The van der Waals surface area contributed by atoms with Gasteiger partial charge < -0.3 is 10.3 Å². The maximum Gasteiger partial charge on any atom is 0.131 e. The lowest BCUT2D eigenvalue weighted by molar-refractivity contribution is 0.683. The van der Waals surface area contributed by atoms with Gasteiger partial charge in [-0.3, -0.25) is 0 Å². The Bertz CT molecular complexity index is 373. The number of aromatic nitrogens is 2. The first-order chi connectivity index (χ1) is 8.26. The van der Waals surface area contributed by atoms with E-state index in [1.165, 1.54) is 25.7 Å². The van der Waals surface area contributed by atoms with Crippen molar-refractivity contribution in [2.24, 2.45) is 0 Å². The maximum atomic E-state index is 5.15. The van der Waals surface area contributed by atoms with Crippen molar-refractivity contribution in [2.75, 3.05) is 11.9 Å². The fourth-order valence-corrected chi connectivity index (χ4v) is 1.96. The van der Waals surface area contributed by atoms with Crippen LogP contribution < -0.4 is 5.32 Å². The van der Waals surface area contributed by atoms with Crippen molar-refractivity contribution in [1.29, 1.82) is 0 Å². The predicted octanol–water partition coefficient (Wildman–Crippen LogP) is 4.08. The summed E-state index contributed by atoms with van der Waals surface area (Å²) in [4.78, 5) is 7.59. The minimum Gasteiger partial charge on any atom is -0.372 e. The van der Waals surface area contributed by atoms with Gasteiger partial charge in [-0.1, -0.05) is 45.3 Å². The summed E-state index contributed by atoms with van der Waals surface area (Å²) in [5.41, 5.74) is 0. The Morgan fingerprint density at radius 3 is 2.76 bits per heavy atom. The van der Waals surface area contributed by atoms with Gasteiger partial charge in [-0.05, 0) is 12.8 Å². The molecule has 0 aliphatic rings. The maximum absolute atomic E-state index is 5.15. The third-order valence-electron chi connectivity index (χ3n) is 2.62.